The molecule has 0 radical (unpaired) electrons. The van der Waals surface area contributed by atoms with Gasteiger partial charge in [0.2, 0.25) is 0 Å². The number of rotatable bonds is 3. The zero-order valence-electron chi connectivity index (χ0n) is 11.5. The first-order chi connectivity index (χ1) is 9.24. The second-order valence-corrected chi connectivity index (χ2v) is 5.25. The van der Waals surface area contributed by atoms with Crippen molar-refractivity contribution in [3.8, 4) is 5.75 Å². The van der Waals surface area contributed by atoms with Crippen LogP contribution in [0.1, 0.15) is 31.1 Å². The van der Waals surface area contributed by atoms with Gasteiger partial charge in [0, 0.05) is 25.0 Å². The van der Waals surface area contributed by atoms with Gasteiger partial charge < -0.3 is 14.6 Å². The first-order valence-electron chi connectivity index (χ1n) is 6.89. The van der Waals surface area contributed by atoms with Gasteiger partial charge in [0.25, 0.3) is 0 Å². The lowest BCUT2D eigenvalue weighted by Gasteiger charge is -2.27. The number of benzene rings is 1. The van der Waals surface area contributed by atoms with Crippen molar-refractivity contribution in [1.82, 2.24) is 9.88 Å². The Labute approximate surface area is 114 Å². The summed E-state index contributed by atoms with van der Waals surface area (Å²) >= 11 is 0. The predicted molar refractivity (Wildman–Crippen MR) is 76.5 cm³/mol. The molecule has 0 saturated carbocycles. The molecule has 0 spiro atoms. The molecule has 0 saturated heterocycles. The Balaban J connectivity index is 1.84. The van der Waals surface area contributed by atoms with Crippen LogP contribution < -0.4 is 10.1 Å². The molecule has 0 aliphatic carbocycles. The van der Waals surface area contributed by atoms with Gasteiger partial charge in [0.05, 0.1) is 12.1 Å². The maximum atomic E-state index is 5.69. The smallest absolute Gasteiger partial charge is 0.119 e. The van der Waals surface area contributed by atoms with E-state index in [1.54, 1.807) is 0 Å². The monoisotopic (exact) mass is 256 g/mol. The number of ether oxygens (including phenoxy) is 1. The van der Waals surface area contributed by atoms with Crippen molar-refractivity contribution in [2.75, 3.05) is 6.54 Å². The summed E-state index contributed by atoms with van der Waals surface area (Å²) in [6.45, 7) is 6.15. The van der Waals surface area contributed by atoms with Crippen LogP contribution in [-0.4, -0.2) is 17.2 Å². The summed E-state index contributed by atoms with van der Waals surface area (Å²) in [5.74, 6) is 0.935. The lowest BCUT2D eigenvalue weighted by atomic mass is 10.0. The maximum Gasteiger partial charge on any atom is 0.119 e. The average Bonchev–Trinajstić information content (AvgIpc) is 2.87. The molecular weight excluding hydrogens is 236 g/mol. The molecule has 3 nitrogen and oxygen atoms in total. The summed E-state index contributed by atoms with van der Waals surface area (Å²) in [6.07, 6.45) is 2.37. The van der Waals surface area contributed by atoms with Crippen LogP contribution in [0.5, 0.6) is 5.75 Å². The summed E-state index contributed by atoms with van der Waals surface area (Å²) in [4.78, 5) is 0. The molecule has 1 aliphatic rings. The lowest BCUT2D eigenvalue weighted by molar-refractivity contribution is 0.242. The van der Waals surface area contributed by atoms with Crippen LogP contribution in [0.3, 0.4) is 0 Å². The third-order valence-corrected chi connectivity index (χ3v) is 3.45. The number of hydrogen-bond acceptors (Lipinski definition) is 2. The van der Waals surface area contributed by atoms with E-state index in [9.17, 15) is 0 Å². The largest absolute Gasteiger partial charge is 0.491 e. The minimum Gasteiger partial charge on any atom is -0.491 e. The number of nitrogens with zero attached hydrogens (tertiary/aromatic N) is 1. The minimum absolute atomic E-state index is 0.218. The molecule has 0 fully saturated rings. The molecule has 1 aliphatic heterocycles. The van der Waals surface area contributed by atoms with Crippen LogP contribution in [0.15, 0.2) is 42.6 Å². The van der Waals surface area contributed by atoms with Gasteiger partial charge in [0.1, 0.15) is 5.75 Å². The van der Waals surface area contributed by atoms with E-state index in [1.807, 2.05) is 13.8 Å². The van der Waals surface area contributed by atoms with E-state index in [1.165, 1.54) is 11.3 Å². The van der Waals surface area contributed by atoms with Gasteiger partial charge in [-0.3, -0.25) is 0 Å². The highest BCUT2D eigenvalue weighted by atomic mass is 16.5. The quantitative estimate of drug-likeness (QED) is 0.913. The molecule has 1 atom stereocenters. The lowest BCUT2D eigenvalue weighted by Crippen LogP contribution is -2.33. The molecule has 2 heterocycles. The fourth-order valence-electron chi connectivity index (χ4n) is 2.63. The SMILES string of the molecule is CC(C)Oc1ccc(C2NCCn3cccc32)cc1. The number of aromatic nitrogens is 1. The molecule has 1 unspecified atom stereocenters. The second-order valence-electron chi connectivity index (χ2n) is 5.25. The molecule has 0 bridgehead atoms. The van der Waals surface area contributed by atoms with E-state index >= 15 is 0 Å². The summed E-state index contributed by atoms with van der Waals surface area (Å²) in [7, 11) is 0. The van der Waals surface area contributed by atoms with Gasteiger partial charge in [-0.1, -0.05) is 12.1 Å². The third-order valence-electron chi connectivity index (χ3n) is 3.45. The first kappa shape index (κ1) is 12.3. The first-order valence-corrected chi connectivity index (χ1v) is 6.89. The Morgan fingerprint density at radius 1 is 1.21 bits per heavy atom. The Morgan fingerprint density at radius 2 is 2.00 bits per heavy atom. The van der Waals surface area contributed by atoms with Gasteiger partial charge in [0.15, 0.2) is 0 Å². The summed E-state index contributed by atoms with van der Waals surface area (Å²) in [5.41, 5.74) is 2.62. The predicted octanol–water partition coefficient (Wildman–Crippen LogP) is 2.97. The van der Waals surface area contributed by atoms with Crippen molar-refractivity contribution < 1.29 is 4.74 Å². The van der Waals surface area contributed by atoms with Crippen LogP contribution >= 0.6 is 0 Å². The molecule has 100 valence electrons. The van der Waals surface area contributed by atoms with Gasteiger partial charge >= 0.3 is 0 Å². The van der Waals surface area contributed by atoms with Crippen LogP contribution in [-0.2, 0) is 6.54 Å². The molecule has 3 heteroatoms. The normalized spacial score (nSPS) is 18.4. The Kier molecular flexibility index (Phi) is 3.30. The standard InChI is InChI=1S/C16H20N2O/c1-12(2)19-14-7-5-13(6-8-14)16-15-4-3-10-18(15)11-9-17-16/h3-8,10,12,16-17H,9,11H2,1-2H3. The van der Waals surface area contributed by atoms with Crippen molar-refractivity contribution in [2.45, 2.75) is 32.5 Å². The number of hydrogen-bond donors (Lipinski definition) is 1. The molecule has 1 aromatic carbocycles. The van der Waals surface area contributed by atoms with Crippen molar-refractivity contribution in [3.05, 3.63) is 53.9 Å². The second kappa shape index (κ2) is 5.10. The van der Waals surface area contributed by atoms with E-state index in [0.29, 0.717) is 0 Å². The third kappa shape index (κ3) is 2.51. The Bertz CT molecular complexity index is 542. The fourth-order valence-corrected chi connectivity index (χ4v) is 2.63. The van der Waals surface area contributed by atoms with E-state index in [4.69, 9.17) is 4.74 Å². The van der Waals surface area contributed by atoms with Crippen molar-refractivity contribution >= 4 is 0 Å². The van der Waals surface area contributed by atoms with E-state index in [-0.39, 0.29) is 12.1 Å². The fraction of sp³-hybridized carbons (Fsp3) is 0.375. The Hall–Kier alpha value is -1.74. The number of fused-ring (bicyclic) bond motifs is 1. The van der Waals surface area contributed by atoms with E-state index in [2.05, 4.69) is 52.5 Å². The molecule has 2 aromatic rings. The van der Waals surface area contributed by atoms with E-state index in [0.717, 1.165) is 18.8 Å². The minimum atomic E-state index is 0.218. The zero-order chi connectivity index (χ0) is 13.2. The molecule has 19 heavy (non-hydrogen) atoms. The molecule has 0 amide bonds. The van der Waals surface area contributed by atoms with Crippen LogP contribution in [0.25, 0.3) is 0 Å². The van der Waals surface area contributed by atoms with Crippen LogP contribution in [0.2, 0.25) is 0 Å². The molecule has 1 N–H and O–H groups in total. The average molecular weight is 256 g/mol. The van der Waals surface area contributed by atoms with Gasteiger partial charge in [-0.15, -0.1) is 0 Å². The van der Waals surface area contributed by atoms with Crippen LogP contribution in [0.4, 0.5) is 0 Å². The topological polar surface area (TPSA) is 26.2 Å². The molecule has 3 rings (SSSR count). The molecular formula is C16H20N2O. The van der Waals surface area contributed by atoms with Crippen molar-refractivity contribution in [2.24, 2.45) is 0 Å². The molecule has 1 aromatic heterocycles. The van der Waals surface area contributed by atoms with Gasteiger partial charge in [-0.2, -0.15) is 0 Å². The van der Waals surface area contributed by atoms with Crippen LogP contribution in [0, 0.1) is 0 Å². The highest BCUT2D eigenvalue weighted by Gasteiger charge is 2.20. The van der Waals surface area contributed by atoms with Gasteiger partial charge in [-0.05, 0) is 43.7 Å². The highest BCUT2D eigenvalue weighted by molar-refractivity contribution is 5.34. The maximum absolute atomic E-state index is 5.69. The van der Waals surface area contributed by atoms with E-state index < -0.39 is 0 Å². The summed E-state index contributed by atoms with van der Waals surface area (Å²) in [6, 6.07) is 13.0. The van der Waals surface area contributed by atoms with Gasteiger partial charge in [-0.25, -0.2) is 0 Å². The zero-order valence-corrected chi connectivity index (χ0v) is 11.5. The Morgan fingerprint density at radius 3 is 2.74 bits per heavy atom. The van der Waals surface area contributed by atoms with Crippen molar-refractivity contribution in [3.63, 3.8) is 0 Å². The summed E-state index contributed by atoms with van der Waals surface area (Å²) in [5, 5.41) is 3.58. The number of nitrogens with one attached hydrogen (secondary N) is 1. The summed E-state index contributed by atoms with van der Waals surface area (Å²) < 4.78 is 8.00. The highest BCUT2D eigenvalue weighted by Crippen LogP contribution is 2.26. The van der Waals surface area contributed by atoms with Crippen molar-refractivity contribution in [1.29, 1.82) is 0 Å².